The van der Waals surface area contributed by atoms with Crippen molar-refractivity contribution in [3.05, 3.63) is 170 Å². The van der Waals surface area contributed by atoms with Crippen molar-refractivity contribution in [2.45, 2.75) is 19.6 Å². The zero-order chi connectivity index (χ0) is 35.9. The van der Waals surface area contributed by atoms with Crippen molar-refractivity contribution in [1.29, 1.82) is 0 Å². The highest BCUT2D eigenvalue weighted by Gasteiger charge is 2.24. The molecule has 0 spiro atoms. The smallest absolute Gasteiger partial charge is 0.164 e. The van der Waals surface area contributed by atoms with Crippen LogP contribution >= 0.6 is 0 Å². The first kappa shape index (κ1) is 32.5. The Hall–Kier alpha value is -6.43. The summed E-state index contributed by atoms with van der Waals surface area (Å²) in [4.78, 5) is 15.3. The predicted octanol–water partition coefficient (Wildman–Crippen LogP) is 12.3. The largest absolute Gasteiger partial charge is 0.455 e. The zero-order valence-electron chi connectivity index (χ0n) is 29.9. The molecule has 53 heavy (non-hydrogen) atoms. The van der Waals surface area contributed by atoms with Gasteiger partial charge in [0.05, 0.1) is 8.07 Å². The van der Waals surface area contributed by atoms with Crippen LogP contribution in [0.3, 0.4) is 0 Å². The minimum absolute atomic E-state index is 0.595. The van der Waals surface area contributed by atoms with Crippen LogP contribution in [0.1, 0.15) is 0 Å². The SMILES string of the molecule is C[Si](C)(C)c1ccc(-c2ccc(-c3nc(-c4ccccc4)nc(-c4ccccc4)n3)c3c2oc2c(-c4ccccc4)cc(-c4ccccc4)cc23)cc1. The summed E-state index contributed by atoms with van der Waals surface area (Å²) >= 11 is 0. The molecule has 0 aliphatic carbocycles. The van der Waals surface area contributed by atoms with Crippen LogP contribution in [0.5, 0.6) is 0 Å². The standard InChI is InChI=1S/C48H37N3OSi/c1-53(2,3)38-26-24-34(25-27-38)39-28-29-40(48-50-46(35-20-12-6-13-21-35)49-47(51-48)36-22-14-7-15-23-36)43-42-31-37(32-16-8-4-9-17-32)30-41(44(42)52-45(39)43)33-18-10-5-11-19-33/h4-31H,1-3H3. The molecule has 0 fully saturated rings. The highest BCUT2D eigenvalue weighted by Crippen LogP contribution is 2.46. The lowest BCUT2D eigenvalue weighted by atomic mass is 9.93. The summed E-state index contributed by atoms with van der Waals surface area (Å²) in [5.41, 5.74) is 10.9. The quantitative estimate of drug-likeness (QED) is 0.155. The molecule has 9 aromatic rings. The van der Waals surface area contributed by atoms with Crippen LogP contribution in [-0.4, -0.2) is 23.0 Å². The number of hydrogen-bond acceptors (Lipinski definition) is 4. The molecule has 5 heteroatoms. The van der Waals surface area contributed by atoms with Gasteiger partial charge in [-0.1, -0.05) is 170 Å². The molecule has 0 unspecified atom stereocenters. The van der Waals surface area contributed by atoms with Crippen LogP contribution in [0.2, 0.25) is 19.6 Å². The first-order valence-electron chi connectivity index (χ1n) is 18.0. The highest BCUT2D eigenvalue weighted by molar-refractivity contribution is 6.88. The van der Waals surface area contributed by atoms with Crippen LogP contribution in [0.4, 0.5) is 0 Å². The monoisotopic (exact) mass is 699 g/mol. The van der Waals surface area contributed by atoms with Gasteiger partial charge in [-0.15, -0.1) is 0 Å². The average molecular weight is 700 g/mol. The summed E-state index contributed by atoms with van der Waals surface area (Å²) in [5, 5.41) is 3.41. The fraction of sp³-hybridized carbons (Fsp3) is 0.0625. The van der Waals surface area contributed by atoms with Gasteiger partial charge >= 0.3 is 0 Å². The van der Waals surface area contributed by atoms with Gasteiger partial charge in [0.25, 0.3) is 0 Å². The molecular weight excluding hydrogens is 663 g/mol. The molecule has 0 aliphatic rings. The third-order valence-corrected chi connectivity index (χ3v) is 12.0. The van der Waals surface area contributed by atoms with Crippen molar-refractivity contribution in [3.63, 3.8) is 0 Å². The third-order valence-electron chi connectivity index (χ3n) is 9.91. The summed E-state index contributed by atoms with van der Waals surface area (Å²) in [6, 6.07) is 59.2. The second-order valence-corrected chi connectivity index (χ2v) is 19.5. The maximum absolute atomic E-state index is 7.14. The summed E-state index contributed by atoms with van der Waals surface area (Å²) < 4.78 is 7.14. The van der Waals surface area contributed by atoms with E-state index < -0.39 is 8.07 Å². The molecule has 9 rings (SSSR count). The second kappa shape index (κ2) is 13.3. The zero-order valence-corrected chi connectivity index (χ0v) is 30.9. The minimum Gasteiger partial charge on any atom is -0.455 e. The van der Waals surface area contributed by atoms with E-state index in [0.717, 1.165) is 72.0 Å². The Morgan fingerprint density at radius 3 is 1.40 bits per heavy atom. The maximum Gasteiger partial charge on any atom is 0.164 e. The first-order chi connectivity index (χ1) is 25.9. The number of furan rings is 1. The van der Waals surface area contributed by atoms with Crippen molar-refractivity contribution in [1.82, 2.24) is 15.0 Å². The van der Waals surface area contributed by atoms with Crippen LogP contribution in [-0.2, 0) is 0 Å². The summed E-state index contributed by atoms with van der Waals surface area (Å²) in [5.74, 6) is 1.84. The van der Waals surface area contributed by atoms with E-state index in [1.165, 1.54) is 5.19 Å². The summed E-state index contributed by atoms with van der Waals surface area (Å²) in [6.07, 6.45) is 0. The highest BCUT2D eigenvalue weighted by atomic mass is 28.3. The van der Waals surface area contributed by atoms with E-state index in [-0.39, 0.29) is 0 Å². The molecule has 2 aromatic heterocycles. The van der Waals surface area contributed by atoms with Gasteiger partial charge in [-0.25, -0.2) is 15.0 Å². The predicted molar refractivity (Wildman–Crippen MR) is 223 cm³/mol. The van der Waals surface area contributed by atoms with Crippen LogP contribution < -0.4 is 5.19 Å². The Kier molecular flexibility index (Phi) is 8.13. The van der Waals surface area contributed by atoms with Crippen LogP contribution in [0, 0.1) is 0 Å². The molecule has 0 radical (unpaired) electrons. The summed E-state index contributed by atoms with van der Waals surface area (Å²) in [7, 11) is -1.49. The van der Waals surface area contributed by atoms with E-state index >= 15 is 0 Å². The van der Waals surface area contributed by atoms with Gasteiger partial charge in [-0.05, 0) is 46.5 Å². The molecule has 7 aromatic carbocycles. The van der Waals surface area contributed by atoms with E-state index in [4.69, 9.17) is 19.4 Å². The number of fused-ring (bicyclic) bond motifs is 3. The summed E-state index contributed by atoms with van der Waals surface area (Å²) in [6.45, 7) is 7.14. The van der Waals surface area contributed by atoms with Crippen molar-refractivity contribution in [2.75, 3.05) is 0 Å². The number of benzene rings is 7. The fourth-order valence-corrected chi connectivity index (χ4v) is 8.27. The molecule has 0 saturated carbocycles. The molecule has 254 valence electrons. The number of hydrogen-bond donors (Lipinski definition) is 0. The van der Waals surface area contributed by atoms with Gasteiger partial charge in [-0.2, -0.15) is 0 Å². The Morgan fingerprint density at radius 2 is 0.849 bits per heavy atom. The Labute approximate surface area is 310 Å². The van der Waals surface area contributed by atoms with E-state index in [1.807, 2.05) is 60.7 Å². The van der Waals surface area contributed by atoms with Gasteiger partial charge < -0.3 is 4.42 Å². The lowest BCUT2D eigenvalue weighted by Gasteiger charge is -2.17. The molecule has 0 N–H and O–H groups in total. The van der Waals surface area contributed by atoms with Crippen LogP contribution in [0.25, 0.3) is 89.5 Å². The van der Waals surface area contributed by atoms with Gasteiger partial charge in [-0.3, -0.25) is 0 Å². The lowest BCUT2D eigenvalue weighted by Crippen LogP contribution is -2.37. The minimum atomic E-state index is -1.49. The fourth-order valence-electron chi connectivity index (χ4n) is 7.10. The van der Waals surface area contributed by atoms with Crippen molar-refractivity contribution in [3.8, 4) is 67.5 Å². The maximum atomic E-state index is 7.14. The first-order valence-corrected chi connectivity index (χ1v) is 21.5. The van der Waals surface area contributed by atoms with Crippen molar-refractivity contribution < 1.29 is 4.42 Å². The molecule has 0 atom stereocenters. The van der Waals surface area contributed by atoms with Crippen molar-refractivity contribution in [2.24, 2.45) is 0 Å². The Balaban J connectivity index is 1.38. The topological polar surface area (TPSA) is 51.8 Å². The van der Waals surface area contributed by atoms with Gasteiger partial charge in [0.2, 0.25) is 0 Å². The molecule has 0 aliphatic heterocycles. The van der Waals surface area contributed by atoms with Crippen LogP contribution in [0.15, 0.2) is 174 Å². The molecular formula is C48H37N3OSi. The number of aromatic nitrogens is 3. The van der Waals surface area contributed by atoms with E-state index in [0.29, 0.717) is 17.5 Å². The second-order valence-electron chi connectivity index (χ2n) is 14.5. The van der Waals surface area contributed by atoms with Crippen molar-refractivity contribution >= 4 is 35.2 Å². The van der Waals surface area contributed by atoms with E-state index in [2.05, 4.69) is 129 Å². The molecule has 0 bridgehead atoms. The Morgan fingerprint density at radius 1 is 0.377 bits per heavy atom. The lowest BCUT2D eigenvalue weighted by molar-refractivity contribution is 0.671. The molecule has 4 nitrogen and oxygen atoms in total. The molecule has 0 amide bonds. The van der Waals surface area contributed by atoms with Gasteiger partial charge in [0.1, 0.15) is 11.2 Å². The average Bonchev–Trinajstić information content (AvgIpc) is 3.61. The van der Waals surface area contributed by atoms with E-state index in [1.54, 1.807) is 0 Å². The normalized spacial score (nSPS) is 11.7. The van der Waals surface area contributed by atoms with Gasteiger partial charge in [0.15, 0.2) is 17.5 Å². The number of nitrogens with zero attached hydrogens (tertiary/aromatic N) is 3. The third kappa shape index (κ3) is 6.15. The Bertz CT molecular complexity index is 2660. The van der Waals surface area contributed by atoms with Gasteiger partial charge in [0, 0.05) is 38.6 Å². The van der Waals surface area contributed by atoms with E-state index in [9.17, 15) is 0 Å². The molecule has 0 saturated heterocycles. The number of rotatable bonds is 7. The molecule has 2 heterocycles.